The van der Waals surface area contributed by atoms with Crippen molar-refractivity contribution >= 4 is 5.69 Å². The molecule has 1 aromatic rings. The molecule has 0 fully saturated rings. The van der Waals surface area contributed by atoms with Crippen molar-refractivity contribution < 1.29 is 4.92 Å². The Balaban J connectivity index is 2.96. The highest BCUT2D eigenvalue weighted by Crippen LogP contribution is 2.26. The molecule has 0 N–H and O–H groups in total. The molecule has 0 aliphatic carbocycles. The van der Waals surface area contributed by atoms with Crippen molar-refractivity contribution in [2.24, 2.45) is 5.11 Å². The van der Waals surface area contributed by atoms with E-state index in [0.29, 0.717) is 12.0 Å². The van der Waals surface area contributed by atoms with E-state index in [-0.39, 0.29) is 11.7 Å². The first-order valence-corrected chi connectivity index (χ1v) is 5.47. The molecular weight excluding hydrogens is 220 g/mol. The number of rotatable bonds is 6. The predicted octanol–water partition coefficient (Wildman–Crippen LogP) is 4.14. The Morgan fingerprint density at radius 2 is 2.35 bits per heavy atom. The van der Waals surface area contributed by atoms with Crippen LogP contribution in [-0.4, -0.2) is 4.92 Å². The first-order chi connectivity index (χ1) is 8.19. The van der Waals surface area contributed by atoms with E-state index in [9.17, 15) is 10.1 Å². The Kier molecular flexibility index (Phi) is 4.97. The first-order valence-electron chi connectivity index (χ1n) is 5.47. The minimum atomic E-state index is -0.448. The quantitative estimate of drug-likeness (QED) is 0.243. The van der Waals surface area contributed by atoms with E-state index in [1.807, 2.05) is 6.92 Å². The van der Waals surface area contributed by atoms with Gasteiger partial charge in [0, 0.05) is 17.0 Å². The van der Waals surface area contributed by atoms with Gasteiger partial charge in [-0.25, -0.2) is 0 Å². The van der Waals surface area contributed by atoms with Gasteiger partial charge in [-0.15, -0.1) is 0 Å². The van der Waals surface area contributed by atoms with Gasteiger partial charge in [0.25, 0.3) is 5.69 Å². The standard InChI is InChI=1S/C11H14N4O2/c1-2-3-7-11(13-14-12)9-5-4-6-10(8-9)15(16)17/h4-6,8,11H,2-3,7H2,1H3. The van der Waals surface area contributed by atoms with Gasteiger partial charge >= 0.3 is 0 Å². The number of non-ortho nitro benzene ring substituents is 1. The lowest BCUT2D eigenvalue weighted by Gasteiger charge is -2.10. The lowest BCUT2D eigenvalue weighted by atomic mass is 10.0. The summed E-state index contributed by atoms with van der Waals surface area (Å²) in [5, 5.41) is 14.3. The summed E-state index contributed by atoms with van der Waals surface area (Å²) < 4.78 is 0. The lowest BCUT2D eigenvalue weighted by Crippen LogP contribution is -1.96. The Morgan fingerprint density at radius 1 is 1.59 bits per heavy atom. The number of nitro benzene ring substituents is 1. The fourth-order valence-corrected chi connectivity index (χ4v) is 1.60. The molecular formula is C11H14N4O2. The van der Waals surface area contributed by atoms with Crippen molar-refractivity contribution in [1.29, 1.82) is 0 Å². The monoisotopic (exact) mass is 234 g/mol. The summed E-state index contributed by atoms with van der Waals surface area (Å²) in [6.07, 6.45) is 2.63. The summed E-state index contributed by atoms with van der Waals surface area (Å²) in [5.74, 6) is 0. The molecule has 0 amide bonds. The largest absolute Gasteiger partial charge is 0.269 e. The third kappa shape index (κ3) is 3.77. The number of unbranched alkanes of at least 4 members (excludes halogenated alkanes) is 1. The van der Waals surface area contributed by atoms with Crippen molar-refractivity contribution in [3.63, 3.8) is 0 Å². The lowest BCUT2D eigenvalue weighted by molar-refractivity contribution is -0.384. The number of nitro groups is 1. The maximum absolute atomic E-state index is 10.6. The minimum Gasteiger partial charge on any atom is -0.258 e. The molecule has 0 aliphatic heterocycles. The molecule has 0 spiro atoms. The second kappa shape index (κ2) is 6.50. The molecule has 6 nitrogen and oxygen atoms in total. The number of hydrogen-bond acceptors (Lipinski definition) is 3. The second-order valence-electron chi connectivity index (χ2n) is 3.72. The van der Waals surface area contributed by atoms with E-state index < -0.39 is 4.92 Å². The average Bonchev–Trinajstić information content (AvgIpc) is 2.34. The minimum absolute atomic E-state index is 0.0251. The summed E-state index contributed by atoms with van der Waals surface area (Å²) in [6, 6.07) is 5.94. The molecule has 0 heterocycles. The molecule has 90 valence electrons. The predicted molar refractivity (Wildman–Crippen MR) is 64.5 cm³/mol. The van der Waals surface area contributed by atoms with Gasteiger partial charge in [0.05, 0.1) is 11.0 Å². The van der Waals surface area contributed by atoms with Gasteiger partial charge in [-0.05, 0) is 17.5 Å². The van der Waals surface area contributed by atoms with E-state index in [4.69, 9.17) is 5.53 Å². The van der Waals surface area contributed by atoms with Crippen LogP contribution in [-0.2, 0) is 0 Å². The highest BCUT2D eigenvalue weighted by molar-refractivity contribution is 5.35. The van der Waals surface area contributed by atoms with Crippen molar-refractivity contribution in [1.82, 2.24) is 0 Å². The highest BCUT2D eigenvalue weighted by atomic mass is 16.6. The molecule has 1 rings (SSSR count). The van der Waals surface area contributed by atoms with Crippen LogP contribution in [0.2, 0.25) is 0 Å². The second-order valence-corrected chi connectivity index (χ2v) is 3.72. The van der Waals surface area contributed by atoms with E-state index in [1.165, 1.54) is 12.1 Å². The Labute approximate surface area is 99.0 Å². The summed E-state index contributed by atoms with van der Waals surface area (Å²) in [7, 11) is 0. The fraction of sp³-hybridized carbons (Fsp3) is 0.455. The van der Waals surface area contributed by atoms with Crippen molar-refractivity contribution in [2.75, 3.05) is 0 Å². The SMILES string of the molecule is CCCCC(N=[N+]=[N-])c1cccc([N+](=O)[O-])c1. The van der Waals surface area contributed by atoms with E-state index in [1.54, 1.807) is 12.1 Å². The van der Waals surface area contributed by atoms with Gasteiger partial charge in [-0.1, -0.05) is 37.0 Å². The Hall–Kier alpha value is -2.07. The van der Waals surface area contributed by atoms with Gasteiger partial charge in [0.15, 0.2) is 0 Å². The molecule has 0 radical (unpaired) electrons. The van der Waals surface area contributed by atoms with Crippen LogP contribution in [0.3, 0.4) is 0 Å². The molecule has 1 atom stereocenters. The molecule has 1 aromatic carbocycles. The Morgan fingerprint density at radius 3 is 2.94 bits per heavy atom. The number of benzene rings is 1. The molecule has 0 aliphatic rings. The van der Waals surface area contributed by atoms with Crippen LogP contribution >= 0.6 is 0 Å². The van der Waals surface area contributed by atoms with Crippen molar-refractivity contribution in [2.45, 2.75) is 32.2 Å². The van der Waals surface area contributed by atoms with Gasteiger partial charge < -0.3 is 0 Å². The number of nitrogens with zero attached hydrogens (tertiary/aromatic N) is 4. The maximum atomic E-state index is 10.6. The molecule has 0 saturated heterocycles. The number of hydrogen-bond donors (Lipinski definition) is 0. The Bertz CT molecular complexity index is 441. The van der Waals surface area contributed by atoms with Crippen LogP contribution in [0.15, 0.2) is 29.4 Å². The van der Waals surface area contributed by atoms with E-state index >= 15 is 0 Å². The first kappa shape index (κ1) is 13.0. The summed E-state index contributed by atoms with van der Waals surface area (Å²) in [5.41, 5.74) is 9.22. The summed E-state index contributed by atoms with van der Waals surface area (Å²) in [4.78, 5) is 13.0. The molecule has 0 aromatic heterocycles. The van der Waals surface area contributed by atoms with Crippen LogP contribution in [0.5, 0.6) is 0 Å². The zero-order valence-electron chi connectivity index (χ0n) is 9.61. The van der Waals surface area contributed by atoms with Gasteiger partial charge in [-0.3, -0.25) is 10.1 Å². The normalized spacial score (nSPS) is 11.6. The van der Waals surface area contributed by atoms with Crippen LogP contribution in [0.1, 0.15) is 37.8 Å². The topological polar surface area (TPSA) is 91.9 Å². The van der Waals surface area contributed by atoms with Crippen molar-refractivity contribution in [3.8, 4) is 0 Å². The zero-order valence-corrected chi connectivity index (χ0v) is 9.61. The third-order valence-corrected chi connectivity index (χ3v) is 2.49. The number of azide groups is 1. The van der Waals surface area contributed by atoms with E-state index in [2.05, 4.69) is 10.0 Å². The zero-order chi connectivity index (χ0) is 12.7. The average molecular weight is 234 g/mol. The van der Waals surface area contributed by atoms with Crippen LogP contribution in [0.4, 0.5) is 5.69 Å². The van der Waals surface area contributed by atoms with E-state index in [0.717, 1.165) is 12.8 Å². The maximum Gasteiger partial charge on any atom is 0.269 e. The molecule has 17 heavy (non-hydrogen) atoms. The smallest absolute Gasteiger partial charge is 0.258 e. The summed E-state index contributed by atoms with van der Waals surface area (Å²) >= 11 is 0. The van der Waals surface area contributed by atoms with Gasteiger partial charge in [0.2, 0.25) is 0 Å². The highest BCUT2D eigenvalue weighted by Gasteiger charge is 2.13. The fourth-order valence-electron chi connectivity index (χ4n) is 1.60. The molecule has 0 saturated carbocycles. The summed E-state index contributed by atoms with van der Waals surface area (Å²) in [6.45, 7) is 2.04. The van der Waals surface area contributed by atoms with Gasteiger partial charge in [-0.2, -0.15) is 0 Å². The van der Waals surface area contributed by atoms with Crippen LogP contribution in [0.25, 0.3) is 10.4 Å². The molecule has 1 unspecified atom stereocenters. The van der Waals surface area contributed by atoms with Crippen LogP contribution in [0, 0.1) is 10.1 Å². The van der Waals surface area contributed by atoms with Gasteiger partial charge in [0.1, 0.15) is 0 Å². The van der Waals surface area contributed by atoms with Crippen LogP contribution < -0.4 is 0 Å². The van der Waals surface area contributed by atoms with Crippen molar-refractivity contribution in [3.05, 3.63) is 50.4 Å². The molecule has 0 bridgehead atoms. The third-order valence-electron chi connectivity index (χ3n) is 2.49. The molecule has 6 heteroatoms.